The molecule has 1 aliphatic carbocycles. The maximum absolute atomic E-state index is 13.7. The normalized spacial score (nSPS) is 26.3. The van der Waals surface area contributed by atoms with E-state index in [1.54, 1.807) is 4.90 Å². The van der Waals surface area contributed by atoms with E-state index in [1.807, 2.05) is 6.07 Å². The van der Waals surface area contributed by atoms with Crippen LogP contribution in [0.4, 0.5) is 14.9 Å². The molecule has 1 saturated carbocycles. The van der Waals surface area contributed by atoms with Gasteiger partial charge in [0.05, 0.1) is 11.7 Å². The maximum atomic E-state index is 13.7. The van der Waals surface area contributed by atoms with Crippen LogP contribution in [0.15, 0.2) is 18.2 Å². The van der Waals surface area contributed by atoms with E-state index in [0.717, 1.165) is 25.1 Å². The van der Waals surface area contributed by atoms with Gasteiger partial charge < -0.3 is 4.74 Å². The second-order valence-electron chi connectivity index (χ2n) is 6.57. The predicted molar refractivity (Wildman–Crippen MR) is 81.3 cm³/mol. The summed E-state index contributed by atoms with van der Waals surface area (Å²) in [7, 11) is 0. The molecule has 4 rings (SSSR count). The number of carbonyl (C=O) groups is 1. The molecule has 1 amide bonds. The Kier molecular flexibility index (Phi) is 3.53. The molecule has 0 bridgehead atoms. The lowest BCUT2D eigenvalue weighted by molar-refractivity contribution is 0.170. The summed E-state index contributed by atoms with van der Waals surface area (Å²) in [6.07, 6.45) is 5.65. The zero-order chi connectivity index (χ0) is 15.1. The van der Waals surface area contributed by atoms with Crippen LogP contribution in [0.1, 0.15) is 37.7 Å². The molecule has 1 aromatic rings. The summed E-state index contributed by atoms with van der Waals surface area (Å²) in [6.45, 7) is 2.17. The first kappa shape index (κ1) is 14.0. The quantitative estimate of drug-likeness (QED) is 0.798. The Morgan fingerprint density at radius 1 is 1.14 bits per heavy atom. The van der Waals surface area contributed by atoms with E-state index in [4.69, 9.17) is 4.74 Å². The average Bonchev–Trinajstić information content (AvgIpc) is 3.12. The molecule has 1 saturated heterocycles. The van der Waals surface area contributed by atoms with Crippen LogP contribution in [0.5, 0.6) is 0 Å². The van der Waals surface area contributed by atoms with Crippen LogP contribution in [-0.4, -0.2) is 36.2 Å². The fourth-order valence-corrected chi connectivity index (χ4v) is 4.06. The number of amides is 1. The minimum absolute atomic E-state index is 0.0252. The van der Waals surface area contributed by atoms with E-state index < -0.39 is 0 Å². The summed E-state index contributed by atoms with van der Waals surface area (Å²) in [5, 5.41) is 0. The van der Waals surface area contributed by atoms with Gasteiger partial charge in [0.2, 0.25) is 0 Å². The van der Waals surface area contributed by atoms with Crippen molar-refractivity contribution in [1.29, 1.82) is 0 Å². The van der Waals surface area contributed by atoms with Crippen molar-refractivity contribution in [2.24, 2.45) is 0 Å². The number of hydrogen-bond acceptors (Lipinski definition) is 3. The molecular weight excluding hydrogens is 283 g/mol. The van der Waals surface area contributed by atoms with Gasteiger partial charge in [0, 0.05) is 19.1 Å². The number of rotatable bonds is 1. The standard InChI is InChI=1S/C17H21FN2O2/c18-13-6-5-12-10-19(14-3-1-2-4-14)8-7-15-11-22-17(21)20(15)16(12)9-13/h5-6,9,14-15H,1-4,7-8,10-11H2. The topological polar surface area (TPSA) is 32.8 Å². The van der Waals surface area contributed by atoms with Crippen LogP contribution in [0.25, 0.3) is 0 Å². The van der Waals surface area contributed by atoms with E-state index in [1.165, 1.54) is 37.8 Å². The van der Waals surface area contributed by atoms with Crippen molar-refractivity contribution in [3.8, 4) is 0 Å². The monoisotopic (exact) mass is 304 g/mol. The molecule has 3 aliphatic rings. The number of nitrogens with zero attached hydrogens (tertiary/aromatic N) is 2. The Hall–Kier alpha value is -1.62. The highest BCUT2D eigenvalue weighted by Crippen LogP contribution is 2.34. The van der Waals surface area contributed by atoms with Crippen molar-refractivity contribution >= 4 is 11.8 Å². The Bertz CT molecular complexity index is 586. The van der Waals surface area contributed by atoms with Gasteiger partial charge in [0.1, 0.15) is 12.4 Å². The maximum Gasteiger partial charge on any atom is 0.414 e. The second-order valence-corrected chi connectivity index (χ2v) is 6.57. The molecule has 1 aromatic carbocycles. The number of halogens is 1. The van der Waals surface area contributed by atoms with Gasteiger partial charge in [-0.25, -0.2) is 9.18 Å². The number of hydrogen-bond donors (Lipinski definition) is 0. The third kappa shape index (κ3) is 2.37. The molecule has 0 aromatic heterocycles. The molecule has 5 heteroatoms. The summed E-state index contributed by atoms with van der Waals surface area (Å²) < 4.78 is 18.9. The molecule has 2 aliphatic heterocycles. The van der Waals surface area contributed by atoms with E-state index in [0.29, 0.717) is 18.3 Å². The molecule has 22 heavy (non-hydrogen) atoms. The number of fused-ring (bicyclic) bond motifs is 3. The molecule has 2 fully saturated rings. The molecule has 1 atom stereocenters. The minimum Gasteiger partial charge on any atom is -0.447 e. The summed E-state index contributed by atoms with van der Waals surface area (Å²) in [6, 6.07) is 5.44. The summed E-state index contributed by atoms with van der Waals surface area (Å²) in [5.41, 5.74) is 1.71. The van der Waals surface area contributed by atoms with Gasteiger partial charge in [0.25, 0.3) is 0 Å². The smallest absolute Gasteiger partial charge is 0.414 e. The number of benzene rings is 1. The largest absolute Gasteiger partial charge is 0.447 e. The van der Waals surface area contributed by atoms with Crippen LogP contribution in [0, 0.1) is 5.82 Å². The average molecular weight is 304 g/mol. The van der Waals surface area contributed by atoms with Gasteiger partial charge in [-0.2, -0.15) is 0 Å². The first-order chi connectivity index (χ1) is 10.7. The fourth-order valence-electron chi connectivity index (χ4n) is 4.06. The molecular formula is C17H21FN2O2. The predicted octanol–water partition coefficient (Wildman–Crippen LogP) is 3.30. The lowest BCUT2D eigenvalue weighted by Gasteiger charge is -2.35. The van der Waals surface area contributed by atoms with Crippen molar-refractivity contribution in [3.63, 3.8) is 0 Å². The van der Waals surface area contributed by atoms with E-state index in [9.17, 15) is 9.18 Å². The zero-order valence-corrected chi connectivity index (χ0v) is 12.6. The highest BCUT2D eigenvalue weighted by Gasteiger charge is 2.38. The summed E-state index contributed by atoms with van der Waals surface area (Å²) in [5.74, 6) is -0.301. The Labute approximate surface area is 129 Å². The zero-order valence-electron chi connectivity index (χ0n) is 12.6. The lowest BCUT2D eigenvalue weighted by atomic mass is 10.0. The minimum atomic E-state index is -0.342. The second kappa shape index (κ2) is 5.54. The highest BCUT2D eigenvalue weighted by molar-refractivity contribution is 5.91. The van der Waals surface area contributed by atoms with Gasteiger partial charge in [-0.3, -0.25) is 9.80 Å². The van der Waals surface area contributed by atoms with Crippen LogP contribution in [0.3, 0.4) is 0 Å². The van der Waals surface area contributed by atoms with Gasteiger partial charge in [-0.15, -0.1) is 0 Å². The van der Waals surface area contributed by atoms with E-state index in [-0.39, 0.29) is 18.0 Å². The third-order valence-corrected chi connectivity index (χ3v) is 5.23. The van der Waals surface area contributed by atoms with E-state index >= 15 is 0 Å². The Balaban J connectivity index is 1.71. The number of cyclic esters (lactones) is 1. The number of anilines is 1. The summed E-state index contributed by atoms with van der Waals surface area (Å²) >= 11 is 0. The van der Waals surface area contributed by atoms with Crippen LogP contribution in [0.2, 0.25) is 0 Å². The molecule has 118 valence electrons. The van der Waals surface area contributed by atoms with Crippen LogP contribution >= 0.6 is 0 Å². The van der Waals surface area contributed by atoms with Gasteiger partial charge in [0.15, 0.2) is 0 Å². The molecule has 0 N–H and O–H groups in total. The van der Waals surface area contributed by atoms with Gasteiger partial charge in [-0.05, 0) is 37.0 Å². The highest BCUT2D eigenvalue weighted by atomic mass is 19.1. The Morgan fingerprint density at radius 2 is 1.95 bits per heavy atom. The van der Waals surface area contributed by atoms with Gasteiger partial charge >= 0.3 is 6.09 Å². The number of carbonyl (C=O) groups excluding carboxylic acids is 1. The third-order valence-electron chi connectivity index (χ3n) is 5.23. The number of ether oxygens (including phenoxy) is 1. The summed E-state index contributed by atoms with van der Waals surface area (Å²) in [4.78, 5) is 16.2. The lowest BCUT2D eigenvalue weighted by Crippen LogP contribution is -2.42. The van der Waals surface area contributed by atoms with Crippen molar-refractivity contribution < 1.29 is 13.9 Å². The SMILES string of the molecule is O=C1OCC2CCN(C3CCCC3)Cc3ccc(F)cc3N12. The molecule has 0 radical (unpaired) electrons. The van der Waals surface area contributed by atoms with Crippen molar-refractivity contribution in [1.82, 2.24) is 4.90 Å². The van der Waals surface area contributed by atoms with Crippen molar-refractivity contribution in [2.75, 3.05) is 18.1 Å². The first-order valence-electron chi connectivity index (χ1n) is 8.21. The molecule has 1 unspecified atom stereocenters. The van der Waals surface area contributed by atoms with Gasteiger partial charge in [-0.1, -0.05) is 18.9 Å². The van der Waals surface area contributed by atoms with Crippen LogP contribution in [-0.2, 0) is 11.3 Å². The first-order valence-corrected chi connectivity index (χ1v) is 8.21. The van der Waals surface area contributed by atoms with E-state index in [2.05, 4.69) is 4.90 Å². The molecule has 2 heterocycles. The molecule has 4 nitrogen and oxygen atoms in total. The molecule has 0 spiro atoms. The van der Waals surface area contributed by atoms with Crippen LogP contribution < -0.4 is 4.90 Å². The fraction of sp³-hybridized carbons (Fsp3) is 0.588. The Morgan fingerprint density at radius 3 is 2.77 bits per heavy atom. The van der Waals surface area contributed by atoms with Crippen molar-refractivity contribution in [2.45, 2.75) is 50.7 Å². The van der Waals surface area contributed by atoms with Crippen molar-refractivity contribution in [3.05, 3.63) is 29.6 Å².